The molecule has 0 aliphatic carbocycles. The zero-order valence-corrected chi connectivity index (χ0v) is 11.6. The predicted molar refractivity (Wildman–Crippen MR) is 75.2 cm³/mol. The average molecular weight is 292 g/mol. The van der Waals surface area contributed by atoms with Gasteiger partial charge in [-0.2, -0.15) is 0 Å². The minimum atomic E-state index is -1.07. The molecular weight excluding hydrogens is 280 g/mol. The van der Waals surface area contributed by atoms with Crippen LogP contribution < -0.4 is 10.6 Å². The summed E-state index contributed by atoms with van der Waals surface area (Å²) in [6.45, 7) is 1.70. The summed E-state index contributed by atoms with van der Waals surface area (Å²) in [6, 6.07) is 4.22. The highest BCUT2D eigenvalue weighted by atomic mass is 32.1. The van der Waals surface area contributed by atoms with Gasteiger partial charge in [0.05, 0.1) is 22.6 Å². The SMILES string of the molecule is Cc1nnsc1C(=O)N(C)c1ccc(C(=O)O)cc1N. The Morgan fingerprint density at radius 3 is 2.60 bits per heavy atom. The molecule has 1 heterocycles. The van der Waals surface area contributed by atoms with E-state index in [2.05, 4.69) is 9.59 Å². The second-order valence-corrected chi connectivity index (χ2v) is 4.88. The number of anilines is 2. The summed E-state index contributed by atoms with van der Waals surface area (Å²) in [5.74, 6) is -1.35. The van der Waals surface area contributed by atoms with Crippen molar-refractivity contribution in [1.29, 1.82) is 0 Å². The van der Waals surface area contributed by atoms with Crippen LogP contribution in [0.25, 0.3) is 0 Å². The van der Waals surface area contributed by atoms with Crippen molar-refractivity contribution in [3.8, 4) is 0 Å². The minimum absolute atomic E-state index is 0.0720. The van der Waals surface area contributed by atoms with E-state index in [0.717, 1.165) is 11.5 Å². The monoisotopic (exact) mass is 292 g/mol. The number of aromatic nitrogens is 2. The third kappa shape index (κ3) is 2.45. The van der Waals surface area contributed by atoms with Crippen molar-refractivity contribution in [2.24, 2.45) is 0 Å². The topological polar surface area (TPSA) is 109 Å². The number of carboxylic acid groups (broad SMARTS) is 1. The molecule has 8 heteroatoms. The van der Waals surface area contributed by atoms with Gasteiger partial charge < -0.3 is 15.7 Å². The van der Waals surface area contributed by atoms with Crippen LogP contribution >= 0.6 is 11.5 Å². The third-order valence-electron chi connectivity index (χ3n) is 2.79. The number of benzene rings is 1. The molecule has 0 aliphatic heterocycles. The molecular formula is C12H12N4O3S. The molecule has 20 heavy (non-hydrogen) atoms. The second-order valence-electron chi connectivity index (χ2n) is 4.13. The number of amides is 1. The van der Waals surface area contributed by atoms with Crippen LogP contribution in [0.1, 0.15) is 25.7 Å². The van der Waals surface area contributed by atoms with Gasteiger partial charge >= 0.3 is 5.97 Å². The Balaban J connectivity index is 2.34. The van der Waals surface area contributed by atoms with Crippen LogP contribution in [0.3, 0.4) is 0 Å². The smallest absolute Gasteiger partial charge is 0.335 e. The number of carbonyl (C=O) groups excluding carboxylic acids is 1. The molecule has 0 spiro atoms. The summed E-state index contributed by atoms with van der Waals surface area (Å²) < 4.78 is 3.71. The van der Waals surface area contributed by atoms with Gasteiger partial charge in [-0.15, -0.1) is 5.10 Å². The van der Waals surface area contributed by atoms with Crippen molar-refractivity contribution in [2.75, 3.05) is 17.7 Å². The lowest BCUT2D eigenvalue weighted by atomic mass is 10.1. The molecule has 1 aromatic carbocycles. The largest absolute Gasteiger partial charge is 0.478 e. The highest BCUT2D eigenvalue weighted by molar-refractivity contribution is 7.08. The van der Waals surface area contributed by atoms with E-state index in [4.69, 9.17) is 10.8 Å². The fourth-order valence-electron chi connectivity index (χ4n) is 1.68. The third-order valence-corrected chi connectivity index (χ3v) is 3.60. The Morgan fingerprint density at radius 2 is 2.10 bits per heavy atom. The molecule has 0 radical (unpaired) electrons. The van der Waals surface area contributed by atoms with E-state index in [9.17, 15) is 9.59 Å². The predicted octanol–water partition coefficient (Wildman–Crippen LogP) is 1.40. The van der Waals surface area contributed by atoms with Crippen LogP contribution in [0.4, 0.5) is 11.4 Å². The van der Waals surface area contributed by atoms with E-state index >= 15 is 0 Å². The number of hydrogen-bond donors (Lipinski definition) is 2. The molecule has 7 nitrogen and oxygen atoms in total. The van der Waals surface area contributed by atoms with E-state index in [1.54, 1.807) is 14.0 Å². The number of nitrogens with zero attached hydrogens (tertiary/aromatic N) is 3. The number of rotatable bonds is 3. The molecule has 2 aromatic rings. The molecule has 1 aromatic heterocycles. The molecule has 0 aliphatic rings. The number of aromatic carboxylic acids is 1. The summed E-state index contributed by atoms with van der Waals surface area (Å²) in [7, 11) is 1.56. The molecule has 0 atom stereocenters. The Hall–Kier alpha value is -2.48. The fraction of sp³-hybridized carbons (Fsp3) is 0.167. The van der Waals surface area contributed by atoms with Crippen LogP contribution in [-0.4, -0.2) is 33.6 Å². The van der Waals surface area contributed by atoms with Gasteiger partial charge in [-0.1, -0.05) is 4.49 Å². The van der Waals surface area contributed by atoms with Crippen molar-refractivity contribution >= 4 is 34.8 Å². The number of nitrogen functional groups attached to an aromatic ring is 1. The van der Waals surface area contributed by atoms with Gasteiger partial charge in [0.15, 0.2) is 0 Å². The molecule has 0 bridgehead atoms. The fourth-order valence-corrected chi connectivity index (χ4v) is 2.32. The molecule has 0 saturated heterocycles. The lowest BCUT2D eigenvalue weighted by Crippen LogP contribution is -2.27. The van der Waals surface area contributed by atoms with Crippen molar-refractivity contribution in [1.82, 2.24) is 9.59 Å². The maximum atomic E-state index is 12.3. The van der Waals surface area contributed by atoms with Crippen molar-refractivity contribution in [2.45, 2.75) is 6.92 Å². The van der Waals surface area contributed by atoms with Gasteiger partial charge in [0.25, 0.3) is 5.91 Å². The number of carbonyl (C=O) groups is 2. The second kappa shape index (κ2) is 5.25. The summed E-state index contributed by atoms with van der Waals surface area (Å²) in [4.78, 5) is 24.9. The van der Waals surface area contributed by atoms with E-state index < -0.39 is 5.97 Å². The van der Waals surface area contributed by atoms with E-state index in [-0.39, 0.29) is 17.2 Å². The summed E-state index contributed by atoms with van der Waals surface area (Å²) in [5.41, 5.74) is 7.08. The Kier molecular flexibility index (Phi) is 3.66. The van der Waals surface area contributed by atoms with Crippen molar-refractivity contribution < 1.29 is 14.7 Å². The molecule has 3 N–H and O–H groups in total. The van der Waals surface area contributed by atoms with Gasteiger partial charge in [-0.05, 0) is 36.7 Å². The first-order valence-electron chi connectivity index (χ1n) is 5.61. The minimum Gasteiger partial charge on any atom is -0.478 e. The Labute approximate surface area is 118 Å². The number of carboxylic acids is 1. The average Bonchev–Trinajstić information content (AvgIpc) is 2.83. The van der Waals surface area contributed by atoms with Gasteiger partial charge in [-0.3, -0.25) is 4.79 Å². The zero-order valence-electron chi connectivity index (χ0n) is 10.8. The number of hydrogen-bond acceptors (Lipinski definition) is 6. The van der Waals surface area contributed by atoms with Gasteiger partial charge in [-0.25, -0.2) is 4.79 Å². The van der Waals surface area contributed by atoms with Crippen LogP contribution in [-0.2, 0) is 0 Å². The summed E-state index contributed by atoms with van der Waals surface area (Å²) in [5, 5.41) is 12.7. The van der Waals surface area contributed by atoms with Crippen LogP contribution in [0.15, 0.2) is 18.2 Å². The van der Waals surface area contributed by atoms with Crippen LogP contribution in [0.5, 0.6) is 0 Å². The van der Waals surface area contributed by atoms with Crippen LogP contribution in [0, 0.1) is 6.92 Å². The molecule has 0 unspecified atom stereocenters. The highest BCUT2D eigenvalue weighted by Gasteiger charge is 2.20. The number of nitrogens with two attached hydrogens (primary N) is 1. The molecule has 104 valence electrons. The Bertz CT molecular complexity index is 683. The first-order valence-corrected chi connectivity index (χ1v) is 6.39. The first-order chi connectivity index (χ1) is 9.41. The van der Waals surface area contributed by atoms with E-state index in [0.29, 0.717) is 16.3 Å². The van der Waals surface area contributed by atoms with Crippen molar-refractivity contribution in [3.63, 3.8) is 0 Å². The molecule has 0 saturated carbocycles. The van der Waals surface area contributed by atoms with Gasteiger partial charge in [0, 0.05) is 7.05 Å². The number of aryl methyl sites for hydroxylation is 1. The zero-order chi connectivity index (χ0) is 14.9. The molecule has 1 amide bonds. The quantitative estimate of drug-likeness (QED) is 0.828. The lowest BCUT2D eigenvalue weighted by Gasteiger charge is -2.18. The van der Waals surface area contributed by atoms with Crippen LogP contribution in [0.2, 0.25) is 0 Å². The van der Waals surface area contributed by atoms with Gasteiger partial charge in [0.2, 0.25) is 0 Å². The highest BCUT2D eigenvalue weighted by Crippen LogP contribution is 2.26. The maximum absolute atomic E-state index is 12.3. The summed E-state index contributed by atoms with van der Waals surface area (Å²) >= 11 is 1.01. The standard InChI is InChI=1S/C12H12N4O3S/c1-6-10(20-15-14-6)11(17)16(2)9-4-3-7(12(18)19)5-8(9)13/h3-5H,13H2,1-2H3,(H,18,19). The van der Waals surface area contributed by atoms with Crippen molar-refractivity contribution in [3.05, 3.63) is 34.3 Å². The van der Waals surface area contributed by atoms with E-state index in [1.807, 2.05) is 0 Å². The van der Waals surface area contributed by atoms with Gasteiger partial charge in [0.1, 0.15) is 4.88 Å². The van der Waals surface area contributed by atoms with E-state index in [1.165, 1.54) is 23.1 Å². The lowest BCUT2D eigenvalue weighted by molar-refractivity contribution is 0.0697. The maximum Gasteiger partial charge on any atom is 0.335 e. The molecule has 2 rings (SSSR count). The normalized spacial score (nSPS) is 10.3. The Morgan fingerprint density at radius 1 is 1.40 bits per heavy atom. The first kappa shape index (κ1) is 13.9. The molecule has 0 fully saturated rings. The summed E-state index contributed by atoms with van der Waals surface area (Å²) in [6.07, 6.45) is 0.